The van der Waals surface area contributed by atoms with Crippen molar-refractivity contribution in [2.75, 3.05) is 13.7 Å². The molecule has 9 heteroatoms. The first-order chi connectivity index (χ1) is 13.2. The zero-order valence-corrected chi connectivity index (χ0v) is 15.5. The first-order valence-electron chi connectivity index (χ1n) is 8.03. The molecule has 0 atom stereocenters. The lowest BCUT2D eigenvalue weighted by Crippen LogP contribution is -2.14. The second kappa shape index (κ2) is 8.91. The van der Waals surface area contributed by atoms with Crippen molar-refractivity contribution in [2.45, 2.75) is 0 Å². The van der Waals surface area contributed by atoms with E-state index in [0.717, 1.165) is 5.56 Å². The summed E-state index contributed by atoms with van der Waals surface area (Å²) in [6, 6.07) is 16.8. The molecule has 0 aliphatic rings. The summed E-state index contributed by atoms with van der Waals surface area (Å²) in [4.78, 5) is 10.5. The van der Waals surface area contributed by atoms with E-state index in [2.05, 4.69) is 25.8 Å². The van der Waals surface area contributed by atoms with Crippen LogP contribution < -0.4 is 0 Å². The molecule has 2 aromatic carbocycles. The highest BCUT2D eigenvalue weighted by Gasteiger charge is 2.15. The number of nitrogens with zero attached hydrogens (tertiary/aromatic N) is 6. The van der Waals surface area contributed by atoms with Gasteiger partial charge in [-0.3, -0.25) is 0 Å². The molecule has 8 nitrogen and oxygen atoms in total. The zero-order valence-electron chi connectivity index (χ0n) is 14.8. The molecule has 0 saturated carbocycles. The van der Waals surface area contributed by atoms with Crippen LogP contribution in [0.4, 0.5) is 0 Å². The predicted octanol–water partition coefficient (Wildman–Crippen LogP) is 2.68. The highest BCUT2D eigenvalue weighted by Crippen LogP contribution is 2.17. The molecule has 1 aromatic heterocycles. The van der Waals surface area contributed by atoms with Crippen molar-refractivity contribution >= 4 is 23.0 Å². The van der Waals surface area contributed by atoms with E-state index >= 15 is 0 Å². The number of tetrazole rings is 1. The smallest absolute Gasteiger partial charge is 0.204 e. The Morgan fingerprint density at radius 2 is 1.81 bits per heavy atom. The Hall–Kier alpha value is -3.26. The van der Waals surface area contributed by atoms with Crippen LogP contribution in [0.25, 0.3) is 0 Å². The summed E-state index contributed by atoms with van der Waals surface area (Å²) in [5, 5.41) is 20.3. The highest BCUT2D eigenvalue weighted by atomic mass is 35.5. The van der Waals surface area contributed by atoms with Crippen molar-refractivity contribution in [1.29, 1.82) is 0 Å². The quantitative estimate of drug-likeness (QED) is 0.461. The van der Waals surface area contributed by atoms with Crippen molar-refractivity contribution in [2.24, 2.45) is 17.4 Å². The summed E-state index contributed by atoms with van der Waals surface area (Å²) < 4.78 is 1.52. The first kappa shape index (κ1) is 18.5. The molecule has 138 valence electrons. The van der Waals surface area contributed by atoms with Crippen LogP contribution in [-0.4, -0.2) is 45.3 Å². The van der Waals surface area contributed by atoms with Crippen molar-refractivity contribution < 1.29 is 9.68 Å². The van der Waals surface area contributed by atoms with Gasteiger partial charge in [-0.1, -0.05) is 70.4 Å². The highest BCUT2D eigenvalue weighted by molar-refractivity contribution is 6.34. The first-order valence-corrected chi connectivity index (χ1v) is 8.41. The molecule has 27 heavy (non-hydrogen) atoms. The Labute approximate surface area is 161 Å². The van der Waals surface area contributed by atoms with Crippen molar-refractivity contribution in [3.05, 3.63) is 76.6 Å². The Morgan fingerprint density at radius 3 is 2.48 bits per heavy atom. The summed E-state index contributed by atoms with van der Waals surface area (Å²) in [5.41, 5.74) is 2.53. The summed E-state index contributed by atoms with van der Waals surface area (Å²) in [5.74, 6) is 0.476. The number of hydrogen-bond acceptors (Lipinski definition) is 7. The lowest BCUT2D eigenvalue weighted by molar-refractivity contribution is 0.173. The van der Waals surface area contributed by atoms with Gasteiger partial charge in [0.1, 0.15) is 12.8 Å². The van der Waals surface area contributed by atoms with Gasteiger partial charge in [-0.15, -0.1) is 5.10 Å². The topological polar surface area (TPSA) is 86.8 Å². The number of benzene rings is 2. The maximum Gasteiger partial charge on any atom is 0.204 e. The third-order valence-electron chi connectivity index (χ3n) is 3.62. The lowest BCUT2D eigenvalue weighted by atomic mass is 10.1. The standard InChI is InChI=1S/C18H17ClN6O2/c1-25-18(20-23-24-25)17(13-8-4-3-5-9-13)22-27-12-16(21-26-2)14-10-6-7-11-15(14)19/h3-11H,12H2,1-2H3/b21-16-,22-17-. The number of halogens is 1. The van der Waals surface area contributed by atoms with E-state index < -0.39 is 0 Å². The Balaban J connectivity index is 1.87. The minimum absolute atomic E-state index is 0.0547. The van der Waals surface area contributed by atoms with Gasteiger partial charge < -0.3 is 9.68 Å². The molecule has 0 bridgehead atoms. The minimum Gasteiger partial charge on any atom is -0.399 e. The van der Waals surface area contributed by atoms with Crippen LogP contribution in [0.1, 0.15) is 17.0 Å². The fraction of sp³-hybridized carbons (Fsp3) is 0.167. The summed E-state index contributed by atoms with van der Waals surface area (Å²) in [7, 11) is 3.19. The molecule has 3 rings (SSSR count). The monoisotopic (exact) mass is 384 g/mol. The average molecular weight is 385 g/mol. The summed E-state index contributed by atoms with van der Waals surface area (Å²) >= 11 is 6.24. The molecule has 0 aliphatic heterocycles. The molecule has 1 heterocycles. The van der Waals surface area contributed by atoms with E-state index in [0.29, 0.717) is 27.8 Å². The average Bonchev–Trinajstić information content (AvgIpc) is 3.11. The molecule has 0 saturated heterocycles. The van der Waals surface area contributed by atoms with Crippen LogP contribution in [-0.2, 0) is 16.7 Å². The van der Waals surface area contributed by atoms with E-state index in [1.165, 1.54) is 11.8 Å². The van der Waals surface area contributed by atoms with E-state index in [-0.39, 0.29) is 6.61 Å². The Morgan fingerprint density at radius 1 is 1.07 bits per heavy atom. The van der Waals surface area contributed by atoms with Crippen LogP contribution >= 0.6 is 11.6 Å². The normalized spacial score (nSPS) is 12.1. The van der Waals surface area contributed by atoms with Crippen LogP contribution in [0.15, 0.2) is 64.9 Å². The molecular weight excluding hydrogens is 368 g/mol. The fourth-order valence-electron chi connectivity index (χ4n) is 2.37. The van der Waals surface area contributed by atoms with Crippen LogP contribution in [0, 0.1) is 0 Å². The summed E-state index contributed by atoms with van der Waals surface area (Å²) in [6.45, 7) is 0.0547. The SMILES string of the molecule is CO/N=C(/CO/N=C(/c1ccccc1)c1nnnn1C)c1ccccc1Cl. The summed E-state index contributed by atoms with van der Waals surface area (Å²) in [6.07, 6.45) is 0. The van der Waals surface area contributed by atoms with Gasteiger partial charge in [0, 0.05) is 23.2 Å². The number of oxime groups is 2. The molecule has 0 N–H and O–H groups in total. The fourth-order valence-corrected chi connectivity index (χ4v) is 2.61. The molecule has 0 aliphatic carbocycles. The molecule has 0 radical (unpaired) electrons. The third-order valence-corrected chi connectivity index (χ3v) is 3.95. The van der Waals surface area contributed by atoms with E-state index in [4.69, 9.17) is 21.3 Å². The molecular formula is C18H17ClN6O2. The maximum atomic E-state index is 6.24. The van der Waals surface area contributed by atoms with Crippen molar-refractivity contribution in [3.63, 3.8) is 0 Å². The second-order valence-electron chi connectivity index (χ2n) is 5.41. The van der Waals surface area contributed by atoms with Crippen LogP contribution in [0.5, 0.6) is 0 Å². The molecule has 0 amide bonds. The molecule has 0 fully saturated rings. The lowest BCUT2D eigenvalue weighted by Gasteiger charge is -2.08. The van der Waals surface area contributed by atoms with Crippen molar-refractivity contribution in [1.82, 2.24) is 20.2 Å². The Kier molecular flexibility index (Phi) is 6.11. The zero-order chi connectivity index (χ0) is 19.1. The van der Waals surface area contributed by atoms with Gasteiger partial charge in [-0.2, -0.15) is 0 Å². The van der Waals surface area contributed by atoms with Gasteiger partial charge in [0.15, 0.2) is 12.3 Å². The van der Waals surface area contributed by atoms with Gasteiger partial charge in [0.2, 0.25) is 5.82 Å². The van der Waals surface area contributed by atoms with Crippen LogP contribution in [0.2, 0.25) is 5.02 Å². The third kappa shape index (κ3) is 4.48. The predicted molar refractivity (Wildman–Crippen MR) is 102 cm³/mol. The van der Waals surface area contributed by atoms with Gasteiger partial charge in [0.25, 0.3) is 0 Å². The van der Waals surface area contributed by atoms with Crippen LogP contribution in [0.3, 0.4) is 0 Å². The van der Waals surface area contributed by atoms with E-state index in [9.17, 15) is 0 Å². The number of hydrogen-bond donors (Lipinski definition) is 0. The molecule has 0 spiro atoms. The number of aromatic nitrogens is 4. The maximum absolute atomic E-state index is 6.24. The number of rotatable bonds is 7. The van der Waals surface area contributed by atoms with E-state index in [1.54, 1.807) is 13.1 Å². The van der Waals surface area contributed by atoms with Crippen molar-refractivity contribution in [3.8, 4) is 0 Å². The minimum atomic E-state index is 0.0547. The Bertz CT molecular complexity index is 955. The van der Waals surface area contributed by atoms with Gasteiger partial charge in [-0.25, -0.2) is 4.68 Å². The molecule has 0 unspecified atom stereocenters. The molecule has 3 aromatic rings. The number of aryl methyl sites for hydroxylation is 1. The second-order valence-corrected chi connectivity index (χ2v) is 5.81. The largest absolute Gasteiger partial charge is 0.399 e. The van der Waals surface area contributed by atoms with Gasteiger partial charge in [0.05, 0.1) is 0 Å². The van der Waals surface area contributed by atoms with Gasteiger partial charge >= 0.3 is 0 Å². The van der Waals surface area contributed by atoms with E-state index in [1.807, 2.05) is 48.5 Å². The van der Waals surface area contributed by atoms with Gasteiger partial charge in [-0.05, 0) is 16.5 Å².